The zero-order valence-corrected chi connectivity index (χ0v) is 13.6. The summed E-state index contributed by atoms with van der Waals surface area (Å²) in [5.41, 5.74) is 1.71. The number of piperidine rings is 1. The smallest absolute Gasteiger partial charge is 0.233 e. The van der Waals surface area contributed by atoms with Crippen LogP contribution < -0.4 is 10.6 Å². The molecule has 1 aliphatic heterocycles. The molecule has 1 fully saturated rings. The number of anilines is 1. The molecule has 4 nitrogen and oxygen atoms in total. The number of methoxy groups -OCH3 is 1. The lowest BCUT2D eigenvalue weighted by atomic mass is 9.78. The van der Waals surface area contributed by atoms with Crippen molar-refractivity contribution in [2.45, 2.75) is 26.2 Å². The van der Waals surface area contributed by atoms with Crippen LogP contribution in [0.3, 0.4) is 0 Å². The highest BCUT2D eigenvalue weighted by atomic mass is 35.5. The Hall–Kier alpha value is -1.10. The Kier molecular flexibility index (Phi) is 7.15. The van der Waals surface area contributed by atoms with Crippen LogP contribution in [0, 0.1) is 5.41 Å². The highest BCUT2D eigenvalue weighted by molar-refractivity contribution is 5.95. The largest absolute Gasteiger partial charge is 0.384 e. The van der Waals surface area contributed by atoms with Gasteiger partial charge >= 0.3 is 0 Å². The number of aryl methyl sites for hydroxylation is 1. The summed E-state index contributed by atoms with van der Waals surface area (Å²) in [6.45, 7) is 4.33. The quantitative estimate of drug-likeness (QED) is 0.879. The second-order valence-electron chi connectivity index (χ2n) is 5.47. The minimum absolute atomic E-state index is 0. The van der Waals surface area contributed by atoms with Gasteiger partial charge in [-0.1, -0.05) is 19.1 Å². The maximum Gasteiger partial charge on any atom is 0.233 e. The number of carbonyl (C=O) groups is 1. The number of amides is 1. The molecule has 118 valence electrons. The van der Waals surface area contributed by atoms with Crippen molar-refractivity contribution in [3.8, 4) is 0 Å². The fourth-order valence-corrected chi connectivity index (χ4v) is 2.75. The first-order valence-corrected chi connectivity index (χ1v) is 7.30. The average Bonchev–Trinajstić information content (AvgIpc) is 2.48. The third-order valence-electron chi connectivity index (χ3n) is 4.06. The molecule has 1 aromatic carbocycles. The molecule has 0 radical (unpaired) electrons. The monoisotopic (exact) mass is 312 g/mol. The molecule has 21 heavy (non-hydrogen) atoms. The Morgan fingerprint density at radius 2 is 2.10 bits per heavy atom. The van der Waals surface area contributed by atoms with Crippen LogP contribution in [0.4, 0.5) is 5.69 Å². The first-order chi connectivity index (χ1) is 9.70. The lowest BCUT2D eigenvalue weighted by Crippen LogP contribution is -2.47. The summed E-state index contributed by atoms with van der Waals surface area (Å²) >= 11 is 0. The number of nitrogens with one attached hydrogen (secondary N) is 2. The van der Waals surface area contributed by atoms with Gasteiger partial charge in [0.05, 0.1) is 12.0 Å². The molecule has 0 aliphatic carbocycles. The third kappa shape index (κ3) is 4.43. The van der Waals surface area contributed by atoms with Gasteiger partial charge in [-0.2, -0.15) is 0 Å². The van der Waals surface area contributed by atoms with E-state index in [-0.39, 0.29) is 18.3 Å². The van der Waals surface area contributed by atoms with Gasteiger partial charge in [0.25, 0.3) is 0 Å². The van der Waals surface area contributed by atoms with Crippen molar-refractivity contribution in [3.63, 3.8) is 0 Å². The summed E-state index contributed by atoms with van der Waals surface area (Å²) in [5, 5.41) is 6.36. The first-order valence-electron chi connectivity index (χ1n) is 7.30. The molecular weight excluding hydrogens is 288 g/mol. The molecule has 1 aromatic rings. The number of ether oxygens (including phenoxy) is 1. The van der Waals surface area contributed by atoms with Crippen LogP contribution in [0.25, 0.3) is 0 Å². The lowest BCUT2D eigenvalue weighted by Gasteiger charge is -2.35. The Morgan fingerprint density at radius 3 is 2.71 bits per heavy atom. The number of carbonyl (C=O) groups excluding carboxylic acids is 1. The standard InChI is InChI=1S/C16H24N2O2.ClH/c1-3-13-5-4-6-14(11-13)18-15(19)16(12-20-2)7-9-17-10-8-16;/h4-6,11,17H,3,7-10,12H2,1-2H3,(H,18,19);1H. The molecule has 5 heteroatoms. The number of rotatable bonds is 5. The highest BCUT2D eigenvalue weighted by Crippen LogP contribution is 2.31. The summed E-state index contributed by atoms with van der Waals surface area (Å²) in [6, 6.07) is 8.04. The number of halogens is 1. The van der Waals surface area contributed by atoms with Crippen molar-refractivity contribution in [3.05, 3.63) is 29.8 Å². The molecule has 0 spiro atoms. The highest BCUT2D eigenvalue weighted by Gasteiger charge is 2.39. The zero-order valence-electron chi connectivity index (χ0n) is 12.8. The maximum atomic E-state index is 12.7. The lowest BCUT2D eigenvalue weighted by molar-refractivity contribution is -0.130. The Bertz CT molecular complexity index is 454. The first kappa shape index (κ1) is 18.0. The number of hydrogen-bond acceptors (Lipinski definition) is 3. The molecular formula is C16H25ClN2O2. The van der Waals surface area contributed by atoms with Gasteiger partial charge in [0.15, 0.2) is 0 Å². The molecule has 0 bridgehead atoms. The van der Waals surface area contributed by atoms with E-state index in [4.69, 9.17) is 4.74 Å². The molecule has 0 unspecified atom stereocenters. The van der Waals surface area contributed by atoms with Crippen molar-refractivity contribution in [1.29, 1.82) is 0 Å². The summed E-state index contributed by atoms with van der Waals surface area (Å²) in [4.78, 5) is 12.7. The van der Waals surface area contributed by atoms with Crippen LogP contribution in [0.1, 0.15) is 25.3 Å². The van der Waals surface area contributed by atoms with E-state index in [0.717, 1.165) is 38.0 Å². The average molecular weight is 313 g/mol. The third-order valence-corrected chi connectivity index (χ3v) is 4.06. The predicted molar refractivity (Wildman–Crippen MR) is 88.1 cm³/mol. The van der Waals surface area contributed by atoms with E-state index in [0.29, 0.717) is 6.61 Å². The molecule has 0 saturated carbocycles. The Labute approximate surface area is 133 Å². The molecule has 1 saturated heterocycles. The maximum absolute atomic E-state index is 12.7. The SMILES string of the molecule is CCc1cccc(NC(=O)C2(COC)CCNCC2)c1.Cl. The summed E-state index contributed by atoms with van der Waals surface area (Å²) in [7, 11) is 1.66. The van der Waals surface area contributed by atoms with Gasteiger partial charge in [-0.15, -0.1) is 12.4 Å². The molecule has 1 amide bonds. The normalized spacial score (nSPS) is 16.9. The molecule has 0 atom stereocenters. The summed E-state index contributed by atoms with van der Waals surface area (Å²) in [6.07, 6.45) is 2.61. The summed E-state index contributed by atoms with van der Waals surface area (Å²) < 4.78 is 5.30. The van der Waals surface area contributed by atoms with E-state index >= 15 is 0 Å². The van der Waals surface area contributed by atoms with E-state index in [9.17, 15) is 4.79 Å². The van der Waals surface area contributed by atoms with E-state index in [1.165, 1.54) is 5.56 Å². The molecule has 1 aliphatic rings. The second-order valence-corrected chi connectivity index (χ2v) is 5.47. The van der Waals surface area contributed by atoms with Crippen LogP contribution >= 0.6 is 12.4 Å². The van der Waals surface area contributed by atoms with Gasteiger partial charge in [-0.25, -0.2) is 0 Å². The number of hydrogen-bond donors (Lipinski definition) is 2. The van der Waals surface area contributed by atoms with Crippen molar-refractivity contribution in [2.75, 3.05) is 32.1 Å². The second kappa shape index (κ2) is 8.37. The van der Waals surface area contributed by atoms with Crippen LogP contribution in [0.15, 0.2) is 24.3 Å². The van der Waals surface area contributed by atoms with E-state index in [2.05, 4.69) is 23.6 Å². The Balaban J connectivity index is 0.00000220. The predicted octanol–water partition coefficient (Wildman–Crippen LogP) is 2.63. The van der Waals surface area contributed by atoms with Gasteiger partial charge < -0.3 is 15.4 Å². The molecule has 0 aromatic heterocycles. The topological polar surface area (TPSA) is 50.4 Å². The van der Waals surface area contributed by atoms with E-state index in [1.807, 2.05) is 18.2 Å². The van der Waals surface area contributed by atoms with Crippen molar-refractivity contribution in [2.24, 2.45) is 5.41 Å². The summed E-state index contributed by atoms with van der Waals surface area (Å²) in [5.74, 6) is 0.0779. The molecule has 2 N–H and O–H groups in total. The molecule has 1 heterocycles. The molecule has 2 rings (SSSR count). The van der Waals surface area contributed by atoms with Gasteiger partial charge in [-0.3, -0.25) is 4.79 Å². The minimum atomic E-state index is -0.401. The van der Waals surface area contributed by atoms with Crippen molar-refractivity contribution < 1.29 is 9.53 Å². The van der Waals surface area contributed by atoms with Gasteiger partial charge in [0.2, 0.25) is 5.91 Å². The van der Waals surface area contributed by atoms with Crippen LogP contribution in [0.5, 0.6) is 0 Å². The zero-order chi connectivity index (χ0) is 14.4. The van der Waals surface area contributed by atoms with Gasteiger partial charge in [0.1, 0.15) is 0 Å². The van der Waals surface area contributed by atoms with Gasteiger partial charge in [0, 0.05) is 12.8 Å². The Morgan fingerprint density at radius 1 is 1.38 bits per heavy atom. The fraction of sp³-hybridized carbons (Fsp3) is 0.562. The van der Waals surface area contributed by atoms with Gasteiger partial charge in [-0.05, 0) is 50.0 Å². The van der Waals surface area contributed by atoms with E-state index in [1.54, 1.807) is 7.11 Å². The van der Waals surface area contributed by atoms with Crippen LogP contribution in [-0.4, -0.2) is 32.7 Å². The van der Waals surface area contributed by atoms with Crippen molar-refractivity contribution in [1.82, 2.24) is 5.32 Å². The van der Waals surface area contributed by atoms with E-state index < -0.39 is 5.41 Å². The number of benzene rings is 1. The van der Waals surface area contributed by atoms with Crippen molar-refractivity contribution >= 4 is 24.0 Å². The minimum Gasteiger partial charge on any atom is -0.384 e. The fourth-order valence-electron chi connectivity index (χ4n) is 2.75. The van der Waals surface area contributed by atoms with Crippen LogP contribution in [-0.2, 0) is 16.0 Å². The van der Waals surface area contributed by atoms with Crippen LogP contribution in [0.2, 0.25) is 0 Å².